The maximum Gasteiger partial charge on any atom is 0.317 e. The number of methoxy groups -OCH3 is 1. The number of nitrogens with one attached hydrogen (secondary N) is 1. The minimum atomic E-state index is -3.60. The molecule has 2 amide bonds. The zero-order valence-corrected chi connectivity index (χ0v) is 18.9. The van der Waals surface area contributed by atoms with Crippen LogP contribution in [0.3, 0.4) is 0 Å². The van der Waals surface area contributed by atoms with Gasteiger partial charge in [-0.25, -0.2) is 13.2 Å². The highest BCUT2D eigenvalue weighted by atomic mass is 32.2. The molecule has 0 radical (unpaired) electrons. The first-order valence-electron chi connectivity index (χ1n) is 10.2. The Kier molecular flexibility index (Phi) is 7.40. The summed E-state index contributed by atoms with van der Waals surface area (Å²) in [6.45, 7) is 5.91. The summed E-state index contributed by atoms with van der Waals surface area (Å²) >= 11 is 0. The van der Waals surface area contributed by atoms with Crippen molar-refractivity contribution in [1.29, 1.82) is 0 Å². The Morgan fingerprint density at radius 2 is 1.71 bits per heavy atom. The number of sulfonamides is 1. The summed E-state index contributed by atoms with van der Waals surface area (Å²) < 4.78 is 37.8. The zero-order valence-electron chi connectivity index (χ0n) is 18.1. The molecule has 1 fully saturated rings. The second kappa shape index (κ2) is 10.0. The van der Waals surface area contributed by atoms with Gasteiger partial charge in [-0.15, -0.1) is 0 Å². The van der Waals surface area contributed by atoms with Gasteiger partial charge in [-0.1, -0.05) is 17.7 Å². The molecule has 2 aromatic rings. The van der Waals surface area contributed by atoms with Gasteiger partial charge in [-0.05, 0) is 49.7 Å². The van der Waals surface area contributed by atoms with Crippen LogP contribution in [0.1, 0.15) is 11.1 Å². The van der Waals surface area contributed by atoms with Gasteiger partial charge in [0, 0.05) is 26.2 Å². The Labute approximate surface area is 183 Å². The topological polar surface area (TPSA) is 88.2 Å². The van der Waals surface area contributed by atoms with Crippen molar-refractivity contribution < 1.29 is 22.7 Å². The number of piperazine rings is 1. The van der Waals surface area contributed by atoms with Crippen LogP contribution in [0, 0.1) is 13.8 Å². The molecule has 9 heteroatoms. The second-order valence-electron chi connectivity index (χ2n) is 7.42. The SMILES string of the molecule is COc1ccc(S(=O)(=O)N2CCN(C(=O)NCCOc3ccc(C)cc3C)CC2)cc1. The lowest BCUT2D eigenvalue weighted by Gasteiger charge is -2.34. The van der Waals surface area contributed by atoms with Crippen LogP contribution in [0.5, 0.6) is 11.5 Å². The maximum atomic E-state index is 12.8. The van der Waals surface area contributed by atoms with E-state index in [2.05, 4.69) is 5.32 Å². The monoisotopic (exact) mass is 447 g/mol. The standard InChI is InChI=1S/C22H29N3O5S/c1-17-4-9-21(18(2)16-17)30-15-10-23-22(26)24-11-13-25(14-12-24)31(27,28)20-7-5-19(29-3)6-8-20/h4-9,16H,10-15H2,1-3H3,(H,23,26). The number of amides is 2. The van der Waals surface area contributed by atoms with Crippen LogP contribution >= 0.6 is 0 Å². The van der Waals surface area contributed by atoms with Crippen molar-refractivity contribution in [3.8, 4) is 11.5 Å². The summed E-state index contributed by atoms with van der Waals surface area (Å²) in [7, 11) is -2.06. The van der Waals surface area contributed by atoms with Crippen molar-refractivity contribution in [3.63, 3.8) is 0 Å². The maximum absolute atomic E-state index is 12.8. The molecule has 0 spiro atoms. The van der Waals surface area contributed by atoms with Crippen LogP contribution in [0.4, 0.5) is 4.79 Å². The second-order valence-corrected chi connectivity index (χ2v) is 9.35. The van der Waals surface area contributed by atoms with E-state index in [-0.39, 0.29) is 24.0 Å². The highest BCUT2D eigenvalue weighted by molar-refractivity contribution is 7.89. The number of hydrogen-bond acceptors (Lipinski definition) is 5. The molecule has 1 saturated heterocycles. The first-order chi connectivity index (χ1) is 14.8. The van der Waals surface area contributed by atoms with E-state index in [9.17, 15) is 13.2 Å². The molecular formula is C22H29N3O5S. The quantitative estimate of drug-likeness (QED) is 0.659. The van der Waals surface area contributed by atoms with Gasteiger partial charge in [-0.3, -0.25) is 0 Å². The summed E-state index contributed by atoms with van der Waals surface area (Å²) in [5.41, 5.74) is 2.23. The Balaban J connectivity index is 1.44. The average molecular weight is 448 g/mol. The molecule has 2 aromatic carbocycles. The lowest BCUT2D eigenvalue weighted by atomic mass is 10.1. The van der Waals surface area contributed by atoms with Crippen LogP contribution < -0.4 is 14.8 Å². The Morgan fingerprint density at radius 1 is 1.03 bits per heavy atom. The molecule has 3 rings (SSSR count). The van der Waals surface area contributed by atoms with Crippen molar-refractivity contribution in [2.24, 2.45) is 0 Å². The molecule has 1 N–H and O–H groups in total. The Morgan fingerprint density at radius 3 is 2.32 bits per heavy atom. The number of carbonyl (C=O) groups is 1. The van der Waals surface area contributed by atoms with Gasteiger partial charge in [0.05, 0.1) is 18.6 Å². The van der Waals surface area contributed by atoms with Gasteiger partial charge in [0.1, 0.15) is 18.1 Å². The van der Waals surface area contributed by atoms with Crippen molar-refractivity contribution in [2.75, 3.05) is 46.4 Å². The van der Waals surface area contributed by atoms with E-state index in [1.54, 1.807) is 17.0 Å². The van der Waals surface area contributed by atoms with Gasteiger partial charge >= 0.3 is 6.03 Å². The number of benzene rings is 2. The number of hydrogen-bond donors (Lipinski definition) is 1. The lowest BCUT2D eigenvalue weighted by molar-refractivity contribution is 0.170. The van der Waals surface area contributed by atoms with Crippen molar-refractivity contribution in [2.45, 2.75) is 18.7 Å². The Hall–Kier alpha value is -2.78. The van der Waals surface area contributed by atoms with Crippen molar-refractivity contribution in [3.05, 3.63) is 53.6 Å². The summed E-state index contributed by atoms with van der Waals surface area (Å²) in [6, 6.07) is 12.0. The molecule has 1 aliphatic rings. The van der Waals surface area contributed by atoms with E-state index in [0.29, 0.717) is 32.0 Å². The summed E-state index contributed by atoms with van der Waals surface area (Å²) in [6.07, 6.45) is 0. The normalized spacial score (nSPS) is 14.9. The molecular weight excluding hydrogens is 418 g/mol. The van der Waals surface area contributed by atoms with E-state index >= 15 is 0 Å². The molecule has 0 aromatic heterocycles. The van der Waals surface area contributed by atoms with E-state index in [1.165, 1.54) is 29.1 Å². The van der Waals surface area contributed by atoms with Gasteiger partial charge in [0.15, 0.2) is 0 Å². The summed E-state index contributed by atoms with van der Waals surface area (Å²) in [4.78, 5) is 14.2. The first kappa shape index (κ1) is 22.9. The van der Waals surface area contributed by atoms with Gasteiger partial charge < -0.3 is 19.7 Å². The van der Waals surface area contributed by atoms with Crippen molar-refractivity contribution in [1.82, 2.24) is 14.5 Å². The zero-order chi connectivity index (χ0) is 22.4. The van der Waals surface area contributed by atoms with E-state index in [0.717, 1.165) is 11.3 Å². The van der Waals surface area contributed by atoms with Crippen LogP contribution in [0.2, 0.25) is 0 Å². The molecule has 0 saturated carbocycles. The fourth-order valence-electron chi connectivity index (χ4n) is 3.42. The highest BCUT2D eigenvalue weighted by Gasteiger charge is 2.30. The first-order valence-corrected chi connectivity index (χ1v) is 11.6. The van der Waals surface area contributed by atoms with Gasteiger partial charge in [0.25, 0.3) is 0 Å². The fourth-order valence-corrected chi connectivity index (χ4v) is 4.84. The van der Waals surface area contributed by atoms with Crippen LogP contribution in [-0.2, 0) is 10.0 Å². The molecule has 0 atom stereocenters. The number of rotatable bonds is 7. The third kappa shape index (κ3) is 5.68. The molecule has 31 heavy (non-hydrogen) atoms. The van der Waals surface area contributed by atoms with Crippen LogP contribution in [0.25, 0.3) is 0 Å². The molecule has 1 heterocycles. The van der Waals surface area contributed by atoms with Crippen molar-refractivity contribution >= 4 is 16.1 Å². The summed E-state index contributed by atoms with van der Waals surface area (Å²) in [5, 5.41) is 2.83. The predicted molar refractivity (Wildman–Crippen MR) is 118 cm³/mol. The van der Waals surface area contributed by atoms with Gasteiger partial charge in [-0.2, -0.15) is 4.31 Å². The largest absolute Gasteiger partial charge is 0.497 e. The molecule has 0 bridgehead atoms. The third-order valence-corrected chi connectivity index (χ3v) is 7.10. The number of ether oxygens (including phenoxy) is 2. The smallest absolute Gasteiger partial charge is 0.317 e. The summed E-state index contributed by atoms with van der Waals surface area (Å²) in [5.74, 6) is 1.40. The van der Waals surface area contributed by atoms with E-state index in [4.69, 9.17) is 9.47 Å². The number of nitrogens with zero attached hydrogens (tertiary/aromatic N) is 2. The molecule has 8 nitrogen and oxygen atoms in total. The molecule has 168 valence electrons. The third-order valence-electron chi connectivity index (χ3n) is 5.19. The molecule has 0 aliphatic carbocycles. The molecule has 1 aliphatic heterocycles. The minimum Gasteiger partial charge on any atom is -0.497 e. The van der Waals surface area contributed by atoms with Crippen LogP contribution in [0.15, 0.2) is 47.4 Å². The highest BCUT2D eigenvalue weighted by Crippen LogP contribution is 2.21. The predicted octanol–water partition coefficient (Wildman–Crippen LogP) is 2.41. The average Bonchev–Trinajstić information content (AvgIpc) is 2.78. The number of carbonyl (C=O) groups excluding carboxylic acids is 1. The lowest BCUT2D eigenvalue weighted by Crippen LogP contribution is -2.53. The van der Waals surface area contributed by atoms with E-state index in [1.807, 2.05) is 32.0 Å². The number of urea groups is 1. The Bertz CT molecular complexity index is 1000. The van der Waals surface area contributed by atoms with Crippen LogP contribution in [-0.4, -0.2) is 70.1 Å². The molecule has 0 unspecified atom stereocenters. The minimum absolute atomic E-state index is 0.217. The number of aryl methyl sites for hydroxylation is 2. The van der Waals surface area contributed by atoms with Gasteiger partial charge in [0.2, 0.25) is 10.0 Å². The fraction of sp³-hybridized carbons (Fsp3) is 0.409. The van der Waals surface area contributed by atoms with E-state index < -0.39 is 10.0 Å².